The van der Waals surface area contributed by atoms with Crippen molar-refractivity contribution in [2.24, 2.45) is 10.9 Å². The zero-order valence-corrected chi connectivity index (χ0v) is 16.8. The number of rotatable bonds is 8. The largest absolute Gasteiger partial charge is 0.374 e. The molecule has 0 saturated carbocycles. The minimum atomic E-state index is 0.242. The van der Waals surface area contributed by atoms with Crippen LogP contribution >= 0.6 is 0 Å². The molecule has 0 amide bonds. The molecule has 2 saturated heterocycles. The second-order valence-corrected chi connectivity index (χ2v) is 7.79. The van der Waals surface area contributed by atoms with Crippen LogP contribution in [0.3, 0.4) is 0 Å². The van der Waals surface area contributed by atoms with E-state index in [1.807, 2.05) is 7.05 Å². The summed E-state index contributed by atoms with van der Waals surface area (Å²) < 4.78 is 5.92. The predicted octanol–water partition coefficient (Wildman–Crippen LogP) is 1.38. The molecule has 2 rings (SSSR count). The summed E-state index contributed by atoms with van der Waals surface area (Å²) in [6.07, 6.45) is 4.11. The van der Waals surface area contributed by atoms with Crippen LogP contribution in [0.1, 0.15) is 40.0 Å². The summed E-state index contributed by atoms with van der Waals surface area (Å²) in [5.41, 5.74) is 0. The Morgan fingerprint density at radius 1 is 1.20 bits per heavy atom. The van der Waals surface area contributed by atoms with Gasteiger partial charge in [0.25, 0.3) is 0 Å². The highest BCUT2D eigenvalue weighted by Crippen LogP contribution is 2.13. The van der Waals surface area contributed by atoms with E-state index in [0.717, 1.165) is 45.3 Å². The van der Waals surface area contributed by atoms with Crippen LogP contribution in [0.4, 0.5) is 0 Å². The number of hydrogen-bond acceptors (Lipinski definition) is 4. The minimum absolute atomic E-state index is 0.242. The molecular weight excluding hydrogens is 314 g/mol. The van der Waals surface area contributed by atoms with Crippen molar-refractivity contribution in [2.75, 3.05) is 59.5 Å². The van der Waals surface area contributed by atoms with Crippen LogP contribution in [0.15, 0.2) is 4.99 Å². The van der Waals surface area contributed by atoms with Gasteiger partial charge in [-0.05, 0) is 38.3 Å². The van der Waals surface area contributed by atoms with E-state index in [0.29, 0.717) is 12.0 Å². The van der Waals surface area contributed by atoms with E-state index in [-0.39, 0.29) is 6.10 Å². The van der Waals surface area contributed by atoms with E-state index in [1.165, 1.54) is 32.4 Å². The summed E-state index contributed by atoms with van der Waals surface area (Å²) in [6, 6.07) is 0.605. The maximum atomic E-state index is 5.92. The van der Waals surface area contributed by atoms with Gasteiger partial charge in [-0.1, -0.05) is 20.8 Å². The molecule has 0 aromatic carbocycles. The Kier molecular flexibility index (Phi) is 8.99. The number of morpholine rings is 1. The van der Waals surface area contributed by atoms with E-state index < -0.39 is 0 Å². The van der Waals surface area contributed by atoms with Crippen molar-refractivity contribution in [1.29, 1.82) is 0 Å². The van der Waals surface area contributed by atoms with E-state index in [9.17, 15) is 0 Å². The fraction of sp³-hybridized carbons (Fsp3) is 0.947. The van der Waals surface area contributed by atoms with Crippen LogP contribution in [0, 0.1) is 5.92 Å². The van der Waals surface area contributed by atoms with E-state index >= 15 is 0 Å². The fourth-order valence-corrected chi connectivity index (χ4v) is 3.87. The normalized spacial score (nSPS) is 24.7. The van der Waals surface area contributed by atoms with Crippen LogP contribution in [-0.4, -0.2) is 87.4 Å². The average molecular weight is 354 g/mol. The van der Waals surface area contributed by atoms with Gasteiger partial charge in [-0.15, -0.1) is 0 Å². The van der Waals surface area contributed by atoms with Gasteiger partial charge in [-0.2, -0.15) is 0 Å². The van der Waals surface area contributed by atoms with Gasteiger partial charge in [0.2, 0.25) is 0 Å². The zero-order chi connectivity index (χ0) is 18.1. The summed E-state index contributed by atoms with van der Waals surface area (Å²) in [6.45, 7) is 15.1. The number of hydrogen-bond donors (Lipinski definition) is 2. The highest BCUT2D eigenvalue weighted by atomic mass is 16.5. The molecule has 2 atom stereocenters. The van der Waals surface area contributed by atoms with Crippen molar-refractivity contribution in [3.8, 4) is 0 Å². The number of likely N-dealkylation sites (tertiary alicyclic amines) is 1. The molecule has 6 nitrogen and oxygen atoms in total. The molecule has 2 heterocycles. The average Bonchev–Trinajstić information content (AvgIpc) is 3.12. The van der Waals surface area contributed by atoms with Crippen molar-refractivity contribution < 1.29 is 4.74 Å². The van der Waals surface area contributed by atoms with Gasteiger partial charge in [-0.3, -0.25) is 14.8 Å². The molecule has 2 fully saturated rings. The summed E-state index contributed by atoms with van der Waals surface area (Å²) in [4.78, 5) is 9.50. The Balaban J connectivity index is 1.70. The first-order valence-electron chi connectivity index (χ1n) is 10.1. The maximum absolute atomic E-state index is 5.92. The Labute approximate surface area is 154 Å². The van der Waals surface area contributed by atoms with E-state index in [2.05, 4.69) is 46.2 Å². The summed E-state index contributed by atoms with van der Waals surface area (Å²) >= 11 is 0. The number of guanidine groups is 1. The number of nitrogens with one attached hydrogen (secondary N) is 2. The van der Waals surface area contributed by atoms with Crippen molar-refractivity contribution in [3.05, 3.63) is 0 Å². The number of aliphatic imine (C=N–C) groups is 1. The van der Waals surface area contributed by atoms with Gasteiger partial charge < -0.3 is 15.4 Å². The summed E-state index contributed by atoms with van der Waals surface area (Å²) in [7, 11) is 1.85. The van der Waals surface area contributed by atoms with Gasteiger partial charge in [0.05, 0.1) is 12.7 Å². The van der Waals surface area contributed by atoms with Gasteiger partial charge >= 0.3 is 0 Å². The lowest BCUT2D eigenvalue weighted by atomic mass is 10.2. The molecule has 2 N–H and O–H groups in total. The van der Waals surface area contributed by atoms with Crippen molar-refractivity contribution >= 4 is 5.96 Å². The lowest BCUT2D eigenvalue weighted by Crippen LogP contribution is -2.51. The van der Waals surface area contributed by atoms with Crippen LogP contribution in [-0.2, 0) is 4.74 Å². The smallest absolute Gasteiger partial charge is 0.191 e. The second kappa shape index (κ2) is 11.0. The van der Waals surface area contributed by atoms with Gasteiger partial charge in [0.1, 0.15) is 0 Å². The molecule has 0 bridgehead atoms. The Bertz CT molecular complexity index is 395. The lowest BCUT2D eigenvalue weighted by Gasteiger charge is -2.34. The fourth-order valence-electron chi connectivity index (χ4n) is 3.87. The van der Waals surface area contributed by atoms with Crippen LogP contribution in [0.5, 0.6) is 0 Å². The monoisotopic (exact) mass is 353 g/mol. The zero-order valence-electron chi connectivity index (χ0n) is 16.8. The number of ether oxygens (including phenoxy) is 1. The summed E-state index contributed by atoms with van der Waals surface area (Å²) in [5.74, 6) is 1.60. The molecule has 6 heteroatoms. The molecule has 0 aromatic rings. The highest BCUT2D eigenvalue weighted by Gasteiger charge is 2.22. The third kappa shape index (κ3) is 7.12. The molecule has 2 aliphatic heterocycles. The highest BCUT2D eigenvalue weighted by molar-refractivity contribution is 5.79. The van der Waals surface area contributed by atoms with E-state index in [1.54, 1.807) is 0 Å². The predicted molar refractivity (Wildman–Crippen MR) is 105 cm³/mol. The molecule has 2 unspecified atom stereocenters. The van der Waals surface area contributed by atoms with Crippen molar-refractivity contribution in [1.82, 2.24) is 20.4 Å². The second-order valence-electron chi connectivity index (χ2n) is 7.79. The molecule has 0 radical (unpaired) electrons. The topological polar surface area (TPSA) is 52.1 Å². The minimum Gasteiger partial charge on any atom is -0.374 e. The molecule has 0 aliphatic carbocycles. The molecular formula is C19H39N5O. The first-order chi connectivity index (χ1) is 12.1. The van der Waals surface area contributed by atoms with Gasteiger partial charge in [0.15, 0.2) is 5.96 Å². The summed E-state index contributed by atoms with van der Waals surface area (Å²) in [5, 5.41) is 6.96. The van der Waals surface area contributed by atoms with E-state index in [4.69, 9.17) is 4.74 Å². The van der Waals surface area contributed by atoms with Crippen molar-refractivity contribution in [3.63, 3.8) is 0 Å². The van der Waals surface area contributed by atoms with Crippen LogP contribution in [0.25, 0.3) is 0 Å². The van der Waals surface area contributed by atoms with Gasteiger partial charge in [0, 0.05) is 45.8 Å². The van der Waals surface area contributed by atoms with Crippen LogP contribution < -0.4 is 10.6 Å². The molecule has 146 valence electrons. The molecule has 0 aromatic heterocycles. The number of nitrogens with zero attached hydrogens (tertiary/aromatic N) is 3. The molecule has 0 spiro atoms. The Hall–Kier alpha value is -0.850. The standard InChI is InChI=1S/C19H39N5O/c1-5-17(24-8-6-7-9-24)12-21-19(20-4)22-13-18-15-23(10-11-25-18)14-16(2)3/h16-18H,5-15H2,1-4H3,(H2,20,21,22). The van der Waals surface area contributed by atoms with Crippen LogP contribution in [0.2, 0.25) is 0 Å². The van der Waals surface area contributed by atoms with Crippen molar-refractivity contribution in [2.45, 2.75) is 52.2 Å². The third-order valence-corrected chi connectivity index (χ3v) is 5.20. The Morgan fingerprint density at radius 3 is 2.60 bits per heavy atom. The molecule has 25 heavy (non-hydrogen) atoms. The SMILES string of the molecule is CCC(CNC(=NC)NCC1CN(CC(C)C)CCO1)N1CCCC1. The Morgan fingerprint density at radius 2 is 1.96 bits per heavy atom. The third-order valence-electron chi connectivity index (χ3n) is 5.20. The first kappa shape index (κ1) is 20.5. The molecule has 2 aliphatic rings. The first-order valence-corrected chi connectivity index (χ1v) is 10.1. The quantitative estimate of drug-likeness (QED) is 0.510. The van der Waals surface area contributed by atoms with Gasteiger partial charge in [-0.25, -0.2) is 0 Å². The lowest BCUT2D eigenvalue weighted by molar-refractivity contribution is -0.0284. The maximum Gasteiger partial charge on any atom is 0.191 e.